The minimum atomic E-state index is 0. The molecule has 1 nitrogen and oxygen atoms in total. The molecule has 1 aliphatic carbocycles. The Bertz CT molecular complexity index is 178. The van der Waals surface area contributed by atoms with E-state index in [4.69, 9.17) is 4.74 Å². The van der Waals surface area contributed by atoms with Crippen molar-refractivity contribution in [1.29, 1.82) is 0 Å². The van der Waals surface area contributed by atoms with Crippen LogP contribution in [0.5, 0.6) is 0 Å². The minimum absolute atomic E-state index is 0. The minimum Gasteiger partial charge on any atom is -0.147 e. The van der Waals surface area contributed by atoms with Gasteiger partial charge in [-0.05, 0) is 0 Å². The zero-order chi connectivity index (χ0) is 7.40. The van der Waals surface area contributed by atoms with Gasteiger partial charge in [-0.15, -0.1) is 24.8 Å². The first kappa shape index (κ1) is 15.2. The molecule has 0 saturated carbocycles. The van der Waals surface area contributed by atoms with E-state index in [2.05, 4.69) is 32.6 Å². The first-order chi connectivity index (χ1) is 4.84. The fourth-order valence-electron chi connectivity index (χ4n) is 0.898. The van der Waals surface area contributed by atoms with E-state index >= 15 is 0 Å². The van der Waals surface area contributed by atoms with Crippen molar-refractivity contribution in [3.05, 3.63) is 21.6 Å². The van der Waals surface area contributed by atoms with Crippen LogP contribution in [0.2, 0.25) is 0 Å². The summed E-state index contributed by atoms with van der Waals surface area (Å²) in [7, 11) is 0. The fourth-order valence-corrected chi connectivity index (χ4v) is 1.32. The molecule has 0 aromatic carbocycles. The molecule has 1 aliphatic rings. The predicted molar refractivity (Wildman–Crippen MR) is 51.8 cm³/mol. The molecular weight excluding hydrogens is 231 g/mol. The summed E-state index contributed by atoms with van der Waals surface area (Å²) in [6, 6.07) is 0. The van der Waals surface area contributed by atoms with Crippen LogP contribution in [-0.4, -0.2) is 13.2 Å². The topological polar surface area (TPSA) is 9.23 Å². The Balaban J connectivity index is 0. The first-order valence-corrected chi connectivity index (χ1v) is 4.30. The van der Waals surface area contributed by atoms with Crippen molar-refractivity contribution in [2.24, 2.45) is 0 Å². The van der Waals surface area contributed by atoms with Crippen LogP contribution in [0.3, 0.4) is 0 Å². The summed E-state index contributed by atoms with van der Waals surface area (Å²) in [5.74, 6) is 0. The first-order valence-electron chi connectivity index (χ1n) is 3.52. The molecule has 0 atom stereocenters. The zero-order valence-electron chi connectivity index (χ0n) is 7.00. The molecule has 0 bridgehead atoms. The van der Waals surface area contributed by atoms with Crippen molar-refractivity contribution in [3.8, 4) is 0 Å². The van der Waals surface area contributed by atoms with Crippen molar-refractivity contribution in [2.75, 3.05) is 13.2 Å². The SMILES string of the molecule is CCOCC1=[C]([Ti])CC=C1.Cl.Cl. The van der Waals surface area contributed by atoms with E-state index in [1.165, 1.54) is 9.45 Å². The number of rotatable bonds is 3. The van der Waals surface area contributed by atoms with Crippen molar-refractivity contribution < 1.29 is 25.2 Å². The standard InChI is InChI=1S/C8H11O.2ClH.Ti/c1-2-9-7-8-5-3-4-6-8;;;/h3,5H,2,4,7H2,1H3;2*1H;. The fraction of sp³-hybridized carbons (Fsp3) is 0.500. The summed E-state index contributed by atoms with van der Waals surface area (Å²) < 4.78 is 6.73. The number of ether oxygens (including phenoxy) is 1. The summed E-state index contributed by atoms with van der Waals surface area (Å²) in [5, 5.41) is 0. The van der Waals surface area contributed by atoms with Crippen LogP contribution in [0.4, 0.5) is 0 Å². The molecule has 0 aliphatic heterocycles. The monoisotopic (exact) mass is 243 g/mol. The van der Waals surface area contributed by atoms with Gasteiger partial charge in [0.1, 0.15) is 0 Å². The van der Waals surface area contributed by atoms with Gasteiger partial charge in [-0.25, -0.2) is 0 Å². The van der Waals surface area contributed by atoms with Gasteiger partial charge in [-0.2, -0.15) is 0 Å². The average molecular weight is 244 g/mol. The van der Waals surface area contributed by atoms with Gasteiger partial charge in [0, 0.05) is 0 Å². The number of hydrogen-bond acceptors (Lipinski definition) is 1. The van der Waals surface area contributed by atoms with E-state index < -0.39 is 0 Å². The maximum Gasteiger partial charge on any atom is -0.147 e. The van der Waals surface area contributed by atoms with Crippen molar-refractivity contribution >= 4 is 24.8 Å². The molecule has 0 saturated heterocycles. The molecule has 69 valence electrons. The Morgan fingerprint density at radius 3 is 2.58 bits per heavy atom. The van der Waals surface area contributed by atoms with E-state index in [1.54, 1.807) is 0 Å². The summed E-state index contributed by atoms with van der Waals surface area (Å²) in [6.45, 7) is 3.62. The van der Waals surface area contributed by atoms with E-state index in [0.717, 1.165) is 19.6 Å². The molecule has 4 heteroatoms. The molecule has 0 heterocycles. The van der Waals surface area contributed by atoms with Crippen molar-refractivity contribution in [1.82, 2.24) is 0 Å². The van der Waals surface area contributed by atoms with Gasteiger partial charge < -0.3 is 0 Å². The molecular formula is C8H13Cl2OTi. The Hall–Kier alpha value is 0.734. The average Bonchev–Trinajstić information content (AvgIpc) is 2.31. The smallest absolute Gasteiger partial charge is 0.147 e. The van der Waals surface area contributed by atoms with Crippen molar-refractivity contribution in [2.45, 2.75) is 13.3 Å². The molecule has 0 radical (unpaired) electrons. The zero-order valence-corrected chi connectivity index (χ0v) is 10.2. The summed E-state index contributed by atoms with van der Waals surface area (Å²) in [4.78, 5) is 0. The third kappa shape index (κ3) is 4.69. The molecule has 0 N–H and O–H groups in total. The Kier molecular flexibility index (Phi) is 10.6. The van der Waals surface area contributed by atoms with Crippen LogP contribution >= 0.6 is 24.8 Å². The normalized spacial score (nSPS) is 14.0. The van der Waals surface area contributed by atoms with E-state index in [1.807, 2.05) is 6.92 Å². The quantitative estimate of drug-likeness (QED) is 0.693. The summed E-state index contributed by atoms with van der Waals surface area (Å²) in [5.41, 5.74) is 1.36. The third-order valence-corrected chi connectivity index (χ3v) is 2.31. The van der Waals surface area contributed by atoms with Crippen molar-refractivity contribution in [3.63, 3.8) is 0 Å². The van der Waals surface area contributed by atoms with Gasteiger partial charge in [0.05, 0.1) is 0 Å². The van der Waals surface area contributed by atoms with Crippen LogP contribution in [0.15, 0.2) is 21.6 Å². The van der Waals surface area contributed by atoms with Gasteiger partial charge in [-0.3, -0.25) is 0 Å². The molecule has 0 unspecified atom stereocenters. The number of hydrogen-bond donors (Lipinski definition) is 0. The van der Waals surface area contributed by atoms with Gasteiger partial charge >= 0.3 is 73.3 Å². The molecule has 1 rings (SSSR count). The Morgan fingerprint density at radius 2 is 2.17 bits per heavy atom. The second kappa shape index (κ2) is 8.34. The molecule has 0 fully saturated rings. The van der Waals surface area contributed by atoms with Gasteiger partial charge in [0.15, 0.2) is 0 Å². The van der Waals surface area contributed by atoms with Crippen LogP contribution in [-0.2, 0) is 25.2 Å². The second-order valence-electron chi connectivity index (χ2n) is 2.25. The van der Waals surface area contributed by atoms with E-state index in [9.17, 15) is 0 Å². The molecule has 0 spiro atoms. The van der Waals surface area contributed by atoms with E-state index in [0.29, 0.717) is 0 Å². The Morgan fingerprint density at radius 1 is 1.50 bits per heavy atom. The van der Waals surface area contributed by atoms with Crippen LogP contribution < -0.4 is 0 Å². The molecule has 0 amide bonds. The van der Waals surface area contributed by atoms with Crippen LogP contribution in [0, 0.1) is 0 Å². The van der Waals surface area contributed by atoms with Gasteiger partial charge in [0.2, 0.25) is 0 Å². The molecule has 0 aromatic rings. The van der Waals surface area contributed by atoms with Crippen LogP contribution in [0.1, 0.15) is 13.3 Å². The maximum atomic E-state index is 5.28. The second-order valence-corrected chi connectivity index (χ2v) is 3.19. The third-order valence-electron chi connectivity index (χ3n) is 1.49. The van der Waals surface area contributed by atoms with Crippen LogP contribution in [0.25, 0.3) is 0 Å². The number of allylic oxidation sites excluding steroid dienone is 2. The molecule has 12 heavy (non-hydrogen) atoms. The van der Waals surface area contributed by atoms with Gasteiger partial charge in [0.25, 0.3) is 0 Å². The van der Waals surface area contributed by atoms with E-state index in [-0.39, 0.29) is 24.8 Å². The summed E-state index contributed by atoms with van der Waals surface area (Å²) >= 11 is 2.16. The Labute approximate surface area is 97.9 Å². The predicted octanol–water partition coefficient (Wildman–Crippen LogP) is 2.63. The number of halogens is 2. The maximum absolute atomic E-state index is 5.28. The van der Waals surface area contributed by atoms with Gasteiger partial charge in [-0.1, -0.05) is 0 Å². The summed E-state index contributed by atoms with van der Waals surface area (Å²) in [6.07, 6.45) is 5.46. The largest absolute Gasteiger partial charge is 0.147 e. The molecule has 0 aromatic heterocycles.